The molecule has 0 fully saturated rings. The molecule has 0 spiro atoms. The molecule has 1 aliphatic heterocycles. The third-order valence-electron chi connectivity index (χ3n) is 4.11. The van der Waals surface area contributed by atoms with Crippen LogP contribution >= 0.6 is 11.8 Å². The minimum atomic E-state index is -0.0166. The Hall–Kier alpha value is -2.52. The molecule has 3 aromatic carbocycles. The van der Waals surface area contributed by atoms with Gasteiger partial charge in [-0.05, 0) is 35.4 Å². The number of benzene rings is 3. The Morgan fingerprint density at radius 1 is 0.917 bits per heavy atom. The standard InChI is InChI=1S/C21H18N2S/c1-15-9-11-17(12-10-15)19-13-14-24-21(22-19)23-20-8-4-6-16-5-2-3-7-18(16)20/h2-14,21,23H,1H3. The summed E-state index contributed by atoms with van der Waals surface area (Å²) in [7, 11) is 0. The summed E-state index contributed by atoms with van der Waals surface area (Å²) in [5, 5.41) is 8.14. The predicted molar refractivity (Wildman–Crippen MR) is 106 cm³/mol. The van der Waals surface area contributed by atoms with Gasteiger partial charge in [-0.2, -0.15) is 0 Å². The lowest BCUT2D eigenvalue weighted by Crippen LogP contribution is -2.17. The number of anilines is 1. The van der Waals surface area contributed by atoms with Gasteiger partial charge in [0, 0.05) is 11.1 Å². The van der Waals surface area contributed by atoms with Crippen LogP contribution in [0.5, 0.6) is 0 Å². The Morgan fingerprint density at radius 2 is 1.71 bits per heavy atom. The van der Waals surface area contributed by atoms with Crippen molar-refractivity contribution in [1.82, 2.24) is 0 Å². The van der Waals surface area contributed by atoms with E-state index in [1.54, 1.807) is 11.8 Å². The molecular formula is C21H18N2S. The molecule has 0 radical (unpaired) electrons. The highest BCUT2D eigenvalue weighted by Gasteiger charge is 2.13. The number of aliphatic imine (C=N–C) groups is 1. The first-order chi connectivity index (χ1) is 11.8. The number of aryl methyl sites for hydroxylation is 1. The number of hydrogen-bond donors (Lipinski definition) is 1. The van der Waals surface area contributed by atoms with Gasteiger partial charge in [0.15, 0.2) is 5.50 Å². The second kappa shape index (κ2) is 6.54. The van der Waals surface area contributed by atoms with Crippen molar-refractivity contribution in [2.75, 3.05) is 5.32 Å². The predicted octanol–water partition coefficient (Wildman–Crippen LogP) is 5.59. The van der Waals surface area contributed by atoms with Crippen LogP contribution in [0.2, 0.25) is 0 Å². The number of thioether (sulfide) groups is 1. The summed E-state index contributed by atoms with van der Waals surface area (Å²) < 4.78 is 0. The van der Waals surface area contributed by atoms with Crippen molar-refractivity contribution in [2.45, 2.75) is 12.4 Å². The van der Waals surface area contributed by atoms with Crippen LogP contribution in [0.15, 0.2) is 83.2 Å². The molecule has 0 saturated heterocycles. The fourth-order valence-electron chi connectivity index (χ4n) is 2.82. The van der Waals surface area contributed by atoms with Gasteiger partial charge in [-0.25, -0.2) is 4.99 Å². The molecule has 0 saturated carbocycles. The molecular weight excluding hydrogens is 312 g/mol. The molecule has 1 atom stereocenters. The summed E-state index contributed by atoms with van der Waals surface area (Å²) >= 11 is 1.69. The van der Waals surface area contributed by atoms with E-state index in [0.29, 0.717) is 0 Å². The minimum Gasteiger partial charge on any atom is -0.355 e. The zero-order valence-corrected chi connectivity index (χ0v) is 14.3. The molecule has 1 unspecified atom stereocenters. The van der Waals surface area contributed by atoms with E-state index in [1.807, 2.05) is 0 Å². The fourth-order valence-corrected chi connectivity index (χ4v) is 3.55. The van der Waals surface area contributed by atoms with Gasteiger partial charge in [-0.15, -0.1) is 0 Å². The maximum absolute atomic E-state index is 4.87. The van der Waals surface area contributed by atoms with E-state index in [-0.39, 0.29) is 5.50 Å². The first-order valence-corrected chi connectivity index (χ1v) is 8.95. The van der Waals surface area contributed by atoms with E-state index >= 15 is 0 Å². The van der Waals surface area contributed by atoms with Gasteiger partial charge >= 0.3 is 0 Å². The van der Waals surface area contributed by atoms with Crippen LogP contribution in [0.4, 0.5) is 5.69 Å². The topological polar surface area (TPSA) is 24.4 Å². The summed E-state index contributed by atoms with van der Waals surface area (Å²) in [6.07, 6.45) is 2.08. The molecule has 3 heteroatoms. The van der Waals surface area contributed by atoms with Crippen LogP contribution in [0, 0.1) is 6.92 Å². The SMILES string of the molecule is Cc1ccc(C2=NC(Nc3cccc4ccccc34)SC=C2)cc1. The number of fused-ring (bicyclic) bond motifs is 1. The van der Waals surface area contributed by atoms with Gasteiger partial charge < -0.3 is 5.32 Å². The van der Waals surface area contributed by atoms with Crippen molar-refractivity contribution in [3.05, 3.63) is 89.3 Å². The van der Waals surface area contributed by atoms with Crippen LogP contribution in [-0.4, -0.2) is 11.2 Å². The molecule has 3 aromatic rings. The lowest BCUT2D eigenvalue weighted by molar-refractivity contribution is 1.06. The molecule has 0 bridgehead atoms. The largest absolute Gasteiger partial charge is 0.355 e. The molecule has 0 aliphatic carbocycles. The second-order valence-electron chi connectivity index (χ2n) is 5.84. The molecule has 1 N–H and O–H groups in total. The number of allylic oxidation sites excluding steroid dienone is 1. The molecule has 1 heterocycles. The lowest BCUT2D eigenvalue weighted by Gasteiger charge is -2.19. The van der Waals surface area contributed by atoms with Crippen molar-refractivity contribution in [3.63, 3.8) is 0 Å². The normalized spacial score (nSPS) is 16.9. The highest BCUT2D eigenvalue weighted by atomic mass is 32.2. The van der Waals surface area contributed by atoms with Crippen LogP contribution in [0.1, 0.15) is 11.1 Å². The molecule has 118 valence electrons. The molecule has 0 amide bonds. The summed E-state index contributed by atoms with van der Waals surface area (Å²) in [6, 6.07) is 23.3. The Balaban J connectivity index is 1.62. The van der Waals surface area contributed by atoms with Crippen molar-refractivity contribution in [1.29, 1.82) is 0 Å². The summed E-state index contributed by atoms with van der Waals surface area (Å²) in [4.78, 5) is 4.87. The quantitative estimate of drug-likeness (QED) is 0.676. The molecule has 2 nitrogen and oxygen atoms in total. The molecule has 4 rings (SSSR count). The average Bonchev–Trinajstić information content (AvgIpc) is 2.63. The van der Waals surface area contributed by atoms with Gasteiger partial charge in [-0.3, -0.25) is 0 Å². The number of nitrogens with one attached hydrogen (secondary N) is 1. The van der Waals surface area contributed by atoms with Gasteiger partial charge in [0.25, 0.3) is 0 Å². The highest BCUT2D eigenvalue weighted by Crippen LogP contribution is 2.28. The van der Waals surface area contributed by atoms with E-state index in [1.165, 1.54) is 16.3 Å². The summed E-state index contributed by atoms with van der Waals surface area (Å²) in [5.74, 6) is 0. The van der Waals surface area contributed by atoms with E-state index in [9.17, 15) is 0 Å². The average molecular weight is 330 g/mol. The first kappa shape index (κ1) is 15.0. The highest BCUT2D eigenvalue weighted by molar-refractivity contribution is 8.02. The minimum absolute atomic E-state index is 0.0166. The maximum Gasteiger partial charge on any atom is 0.171 e. The molecule has 0 aromatic heterocycles. The molecule has 24 heavy (non-hydrogen) atoms. The molecule has 1 aliphatic rings. The zero-order valence-electron chi connectivity index (χ0n) is 13.4. The first-order valence-electron chi connectivity index (χ1n) is 8.01. The number of rotatable bonds is 3. The fraction of sp³-hybridized carbons (Fsp3) is 0.0952. The Bertz CT molecular complexity index is 921. The van der Waals surface area contributed by atoms with Crippen LogP contribution in [0.25, 0.3) is 10.8 Å². The summed E-state index contributed by atoms with van der Waals surface area (Å²) in [5.41, 5.74) is 4.54. The van der Waals surface area contributed by atoms with Gasteiger partial charge in [0.2, 0.25) is 0 Å². The third-order valence-corrected chi connectivity index (χ3v) is 4.88. The van der Waals surface area contributed by atoms with Gasteiger partial charge in [0.05, 0.1) is 5.71 Å². The van der Waals surface area contributed by atoms with Crippen molar-refractivity contribution in [3.8, 4) is 0 Å². The number of hydrogen-bond acceptors (Lipinski definition) is 3. The van der Waals surface area contributed by atoms with Crippen molar-refractivity contribution >= 4 is 33.9 Å². The number of nitrogens with zero attached hydrogens (tertiary/aromatic N) is 1. The van der Waals surface area contributed by atoms with Crippen molar-refractivity contribution in [2.24, 2.45) is 4.99 Å². The third kappa shape index (κ3) is 3.08. The summed E-state index contributed by atoms with van der Waals surface area (Å²) in [6.45, 7) is 2.10. The van der Waals surface area contributed by atoms with E-state index in [2.05, 4.69) is 90.5 Å². The zero-order chi connectivity index (χ0) is 16.4. The monoisotopic (exact) mass is 330 g/mol. The second-order valence-corrected chi connectivity index (χ2v) is 6.83. The van der Waals surface area contributed by atoms with Crippen molar-refractivity contribution < 1.29 is 0 Å². The van der Waals surface area contributed by atoms with Crippen LogP contribution < -0.4 is 5.32 Å². The van der Waals surface area contributed by atoms with E-state index in [0.717, 1.165) is 17.0 Å². The lowest BCUT2D eigenvalue weighted by atomic mass is 10.1. The van der Waals surface area contributed by atoms with Crippen LogP contribution in [0.3, 0.4) is 0 Å². The van der Waals surface area contributed by atoms with Gasteiger partial charge in [0.1, 0.15) is 0 Å². The Labute approximate surface area is 146 Å². The maximum atomic E-state index is 4.87. The van der Waals surface area contributed by atoms with Gasteiger partial charge in [-0.1, -0.05) is 78.0 Å². The van der Waals surface area contributed by atoms with E-state index < -0.39 is 0 Å². The Morgan fingerprint density at radius 3 is 2.58 bits per heavy atom. The smallest absolute Gasteiger partial charge is 0.171 e. The van der Waals surface area contributed by atoms with E-state index in [4.69, 9.17) is 4.99 Å². The Kier molecular flexibility index (Phi) is 4.09. The van der Waals surface area contributed by atoms with Crippen LogP contribution in [-0.2, 0) is 0 Å².